The third-order valence-electron chi connectivity index (χ3n) is 4.60. The fraction of sp³-hybridized carbons (Fsp3) is 0.562. The smallest absolute Gasteiger partial charge is 0.128 e. The molecule has 1 fully saturated rings. The lowest BCUT2D eigenvalue weighted by Crippen LogP contribution is -2.24. The van der Waals surface area contributed by atoms with Crippen molar-refractivity contribution in [2.24, 2.45) is 5.92 Å². The maximum Gasteiger partial charge on any atom is 0.128 e. The summed E-state index contributed by atoms with van der Waals surface area (Å²) in [5, 5.41) is 0. The van der Waals surface area contributed by atoms with Gasteiger partial charge in [0.1, 0.15) is 11.6 Å². The second-order valence-electron chi connectivity index (χ2n) is 5.86. The van der Waals surface area contributed by atoms with Gasteiger partial charge in [0.25, 0.3) is 0 Å². The van der Waals surface area contributed by atoms with Crippen molar-refractivity contribution in [2.45, 2.75) is 45.6 Å². The van der Waals surface area contributed by atoms with Crippen LogP contribution in [0.5, 0.6) is 0 Å². The Kier molecular flexibility index (Phi) is 3.72. The highest BCUT2D eigenvalue weighted by Gasteiger charge is 2.28. The van der Waals surface area contributed by atoms with Crippen molar-refractivity contribution in [3.05, 3.63) is 29.3 Å². The molecular formula is C16H20ClFN2. The molecule has 0 saturated heterocycles. The summed E-state index contributed by atoms with van der Waals surface area (Å²) in [6.07, 6.45) is 4.61. The first kappa shape index (κ1) is 13.9. The number of hydrogen-bond donors (Lipinski definition) is 0. The zero-order chi connectivity index (χ0) is 14.3. The highest BCUT2D eigenvalue weighted by atomic mass is 35.5. The van der Waals surface area contributed by atoms with E-state index in [1.165, 1.54) is 19.3 Å². The quantitative estimate of drug-likeness (QED) is 0.752. The van der Waals surface area contributed by atoms with Crippen LogP contribution in [0.3, 0.4) is 0 Å². The van der Waals surface area contributed by atoms with Crippen molar-refractivity contribution in [1.29, 1.82) is 0 Å². The molecule has 0 spiro atoms. The molecule has 0 amide bonds. The number of nitrogens with zero attached hydrogens (tertiary/aromatic N) is 2. The van der Waals surface area contributed by atoms with Crippen LogP contribution in [0, 0.1) is 18.7 Å². The minimum atomic E-state index is -0.184. The molecule has 0 radical (unpaired) electrons. The summed E-state index contributed by atoms with van der Waals surface area (Å²) in [6.45, 7) is 4.06. The SMILES string of the molecule is Cc1cc2c(cc1F)nc(CCCl)n2C(C)C1CCC1. The molecule has 1 unspecified atom stereocenters. The van der Waals surface area contributed by atoms with Crippen LogP contribution >= 0.6 is 11.6 Å². The molecule has 1 aliphatic carbocycles. The monoisotopic (exact) mass is 294 g/mol. The second kappa shape index (κ2) is 5.36. The van der Waals surface area contributed by atoms with Gasteiger partial charge in [0.05, 0.1) is 11.0 Å². The molecule has 0 aliphatic heterocycles. The molecular weight excluding hydrogens is 275 g/mol. The molecule has 1 aromatic carbocycles. The van der Waals surface area contributed by atoms with E-state index >= 15 is 0 Å². The average molecular weight is 295 g/mol. The Balaban J connectivity index is 2.14. The van der Waals surface area contributed by atoms with Crippen LogP contribution in [0.4, 0.5) is 4.39 Å². The molecule has 1 aromatic heterocycles. The van der Waals surface area contributed by atoms with Gasteiger partial charge < -0.3 is 4.57 Å². The van der Waals surface area contributed by atoms with Crippen molar-refractivity contribution in [3.63, 3.8) is 0 Å². The number of fused-ring (bicyclic) bond motifs is 1. The van der Waals surface area contributed by atoms with E-state index in [4.69, 9.17) is 11.6 Å². The van der Waals surface area contributed by atoms with Crippen molar-refractivity contribution in [2.75, 3.05) is 5.88 Å². The Morgan fingerprint density at radius 1 is 1.45 bits per heavy atom. The zero-order valence-electron chi connectivity index (χ0n) is 12.0. The third-order valence-corrected chi connectivity index (χ3v) is 4.79. The van der Waals surface area contributed by atoms with E-state index in [-0.39, 0.29) is 5.82 Å². The van der Waals surface area contributed by atoms with Crippen LogP contribution in [0.1, 0.15) is 43.6 Å². The summed E-state index contributed by atoms with van der Waals surface area (Å²) in [4.78, 5) is 4.60. The summed E-state index contributed by atoms with van der Waals surface area (Å²) in [6, 6.07) is 3.88. The minimum absolute atomic E-state index is 0.184. The van der Waals surface area contributed by atoms with Gasteiger partial charge in [0.15, 0.2) is 0 Å². The number of alkyl halides is 1. The molecule has 1 heterocycles. The maximum atomic E-state index is 13.7. The number of aromatic nitrogens is 2. The molecule has 0 bridgehead atoms. The van der Waals surface area contributed by atoms with Gasteiger partial charge >= 0.3 is 0 Å². The minimum Gasteiger partial charge on any atom is -0.325 e. The van der Waals surface area contributed by atoms with Crippen molar-refractivity contribution in [3.8, 4) is 0 Å². The molecule has 1 aliphatic rings. The Morgan fingerprint density at radius 3 is 2.80 bits per heavy atom. The van der Waals surface area contributed by atoms with Gasteiger partial charge in [-0.25, -0.2) is 9.37 Å². The van der Waals surface area contributed by atoms with Crippen molar-refractivity contribution in [1.82, 2.24) is 9.55 Å². The van der Waals surface area contributed by atoms with Gasteiger partial charge in [0.2, 0.25) is 0 Å². The standard InChI is InChI=1S/C16H20ClFN2/c1-10-8-15-14(9-13(10)18)19-16(6-7-17)20(15)11(2)12-4-3-5-12/h8-9,11-12H,3-7H2,1-2H3. The van der Waals surface area contributed by atoms with E-state index in [0.29, 0.717) is 23.4 Å². The van der Waals surface area contributed by atoms with Crippen LogP contribution in [0.2, 0.25) is 0 Å². The zero-order valence-corrected chi connectivity index (χ0v) is 12.8. The van der Waals surface area contributed by atoms with Gasteiger partial charge in [-0.05, 0) is 44.2 Å². The van der Waals surface area contributed by atoms with Crippen LogP contribution in [-0.4, -0.2) is 15.4 Å². The predicted molar refractivity (Wildman–Crippen MR) is 80.9 cm³/mol. The first-order valence-electron chi connectivity index (χ1n) is 7.34. The Hall–Kier alpha value is -1.09. The van der Waals surface area contributed by atoms with Crippen LogP contribution in [0.25, 0.3) is 11.0 Å². The summed E-state index contributed by atoms with van der Waals surface area (Å²) in [5.74, 6) is 2.06. The van der Waals surface area contributed by atoms with Crippen LogP contribution in [0.15, 0.2) is 12.1 Å². The van der Waals surface area contributed by atoms with Crippen LogP contribution in [-0.2, 0) is 6.42 Å². The first-order valence-corrected chi connectivity index (χ1v) is 7.88. The number of rotatable bonds is 4. The van der Waals surface area contributed by atoms with E-state index in [1.807, 2.05) is 6.07 Å². The second-order valence-corrected chi connectivity index (χ2v) is 6.24. The number of halogens is 2. The molecule has 20 heavy (non-hydrogen) atoms. The Bertz CT molecular complexity index is 631. The number of benzene rings is 1. The lowest BCUT2D eigenvalue weighted by molar-refractivity contribution is 0.223. The average Bonchev–Trinajstić information content (AvgIpc) is 2.65. The summed E-state index contributed by atoms with van der Waals surface area (Å²) in [5.41, 5.74) is 2.47. The topological polar surface area (TPSA) is 17.8 Å². The lowest BCUT2D eigenvalue weighted by atomic mass is 9.80. The van der Waals surface area contributed by atoms with Gasteiger partial charge in [-0.3, -0.25) is 0 Å². The largest absolute Gasteiger partial charge is 0.325 e. The maximum absolute atomic E-state index is 13.7. The fourth-order valence-electron chi connectivity index (χ4n) is 3.12. The van der Waals surface area contributed by atoms with E-state index in [0.717, 1.165) is 23.3 Å². The fourth-order valence-corrected chi connectivity index (χ4v) is 3.29. The molecule has 1 atom stereocenters. The molecule has 1 saturated carbocycles. The van der Waals surface area contributed by atoms with E-state index in [9.17, 15) is 4.39 Å². The molecule has 2 aromatic rings. The van der Waals surface area contributed by atoms with Gasteiger partial charge in [-0.1, -0.05) is 6.42 Å². The van der Waals surface area contributed by atoms with E-state index in [2.05, 4.69) is 16.5 Å². The molecule has 3 rings (SSSR count). The van der Waals surface area contributed by atoms with Crippen LogP contribution < -0.4 is 0 Å². The van der Waals surface area contributed by atoms with Crippen molar-refractivity contribution < 1.29 is 4.39 Å². The summed E-state index contributed by atoms with van der Waals surface area (Å²) >= 11 is 5.90. The highest BCUT2D eigenvalue weighted by molar-refractivity contribution is 6.17. The third kappa shape index (κ3) is 2.22. The predicted octanol–water partition coefficient (Wildman–Crippen LogP) is 4.63. The summed E-state index contributed by atoms with van der Waals surface area (Å²) in [7, 11) is 0. The summed E-state index contributed by atoms with van der Waals surface area (Å²) < 4.78 is 16.0. The number of aryl methyl sites for hydroxylation is 2. The number of hydrogen-bond acceptors (Lipinski definition) is 1. The Morgan fingerprint density at radius 2 is 2.20 bits per heavy atom. The lowest BCUT2D eigenvalue weighted by Gasteiger charge is -2.33. The number of imidazole rings is 1. The van der Waals surface area contributed by atoms with Gasteiger partial charge in [0, 0.05) is 24.4 Å². The van der Waals surface area contributed by atoms with E-state index < -0.39 is 0 Å². The van der Waals surface area contributed by atoms with Crippen molar-refractivity contribution >= 4 is 22.6 Å². The Labute approximate surface area is 123 Å². The molecule has 2 nitrogen and oxygen atoms in total. The molecule has 108 valence electrons. The van der Waals surface area contributed by atoms with E-state index in [1.54, 1.807) is 13.0 Å². The first-order chi connectivity index (χ1) is 9.61. The molecule has 0 N–H and O–H groups in total. The highest BCUT2D eigenvalue weighted by Crippen LogP contribution is 2.38. The molecule has 4 heteroatoms. The van der Waals surface area contributed by atoms with Gasteiger partial charge in [-0.2, -0.15) is 0 Å². The normalized spacial score (nSPS) is 17.4. The van der Waals surface area contributed by atoms with Gasteiger partial charge in [-0.15, -0.1) is 11.6 Å².